The Kier molecular flexibility index (Phi) is 5.33. The van der Waals surface area contributed by atoms with E-state index < -0.39 is 0 Å². The van der Waals surface area contributed by atoms with Crippen LogP contribution in [0.5, 0.6) is 11.5 Å². The lowest BCUT2D eigenvalue weighted by atomic mass is 10.2. The summed E-state index contributed by atoms with van der Waals surface area (Å²) in [7, 11) is 0. The van der Waals surface area contributed by atoms with Crippen LogP contribution in [0.15, 0.2) is 54.6 Å². The van der Waals surface area contributed by atoms with Crippen molar-refractivity contribution in [3.63, 3.8) is 0 Å². The number of benzene rings is 2. The van der Waals surface area contributed by atoms with Gasteiger partial charge in [0.1, 0.15) is 11.5 Å². The van der Waals surface area contributed by atoms with Gasteiger partial charge in [-0.2, -0.15) is 0 Å². The Hall–Kier alpha value is -2.82. The van der Waals surface area contributed by atoms with E-state index in [4.69, 9.17) is 4.74 Å². The molecule has 0 atom stereocenters. The van der Waals surface area contributed by atoms with E-state index in [0.29, 0.717) is 30.4 Å². The molecule has 3 rings (SSSR count). The highest BCUT2D eigenvalue weighted by molar-refractivity contribution is 5.91. The maximum Gasteiger partial charge on any atom is 0.226 e. The number of ether oxygens (including phenoxy) is 1. The average molecular weight is 338 g/mol. The van der Waals surface area contributed by atoms with E-state index in [-0.39, 0.29) is 11.8 Å². The molecule has 5 nitrogen and oxygen atoms in total. The van der Waals surface area contributed by atoms with Crippen LogP contribution < -0.4 is 10.1 Å². The van der Waals surface area contributed by atoms with Crippen molar-refractivity contribution in [2.24, 2.45) is 0 Å². The maximum atomic E-state index is 12.1. The van der Waals surface area contributed by atoms with E-state index in [2.05, 4.69) is 5.32 Å². The van der Waals surface area contributed by atoms with Gasteiger partial charge >= 0.3 is 0 Å². The van der Waals surface area contributed by atoms with E-state index in [1.807, 2.05) is 42.5 Å². The topological polar surface area (TPSA) is 58.6 Å². The van der Waals surface area contributed by atoms with Crippen LogP contribution >= 0.6 is 0 Å². The number of nitrogens with one attached hydrogen (secondary N) is 1. The predicted octanol–water partition coefficient (Wildman–Crippen LogP) is 3.82. The molecule has 2 aromatic carbocycles. The lowest BCUT2D eigenvalue weighted by Crippen LogP contribution is -2.33. The molecule has 0 bridgehead atoms. The van der Waals surface area contributed by atoms with Gasteiger partial charge in [0.15, 0.2) is 0 Å². The van der Waals surface area contributed by atoms with Crippen molar-refractivity contribution >= 4 is 17.5 Å². The molecule has 5 heteroatoms. The Labute approximate surface area is 147 Å². The van der Waals surface area contributed by atoms with E-state index in [0.717, 1.165) is 18.6 Å². The first-order valence-corrected chi connectivity index (χ1v) is 8.52. The van der Waals surface area contributed by atoms with Crippen LogP contribution in [-0.2, 0) is 9.59 Å². The molecule has 1 fully saturated rings. The molecule has 1 saturated carbocycles. The summed E-state index contributed by atoms with van der Waals surface area (Å²) in [6, 6.07) is 17.1. The number of hydrogen-bond donors (Lipinski definition) is 1. The van der Waals surface area contributed by atoms with E-state index in [1.54, 1.807) is 24.0 Å². The summed E-state index contributed by atoms with van der Waals surface area (Å²) < 4.78 is 5.72. The van der Waals surface area contributed by atoms with Gasteiger partial charge in [0, 0.05) is 31.6 Å². The standard InChI is InChI=1S/C20H22N2O3/c1-15(23)22(17-9-10-17)14-13-20(24)21-16-7-11-19(12-8-16)25-18-5-3-2-4-6-18/h2-8,11-12,17H,9-10,13-14H2,1H3,(H,21,24). The molecule has 1 aliphatic rings. The second-order valence-corrected chi connectivity index (χ2v) is 6.18. The summed E-state index contributed by atoms with van der Waals surface area (Å²) >= 11 is 0. The monoisotopic (exact) mass is 338 g/mol. The zero-order valence-corrected chi connectivity index (χ0v) is 14.3. The predicted molar refractivity (Wildman–Crippen MR) is 96.6 cm³/mol. The number of para-hydroxylation sites is 1. The molecular weight excluding hydrogens is 316 g/mol. The molecule has 1 N–H and O–H groups in total. The number of carbonyl (C=O) groups excluding carboxylic acids is 2. The molecule has 2 aromatic rings. The number of rotatable bonds is 7. The van der Waals surface area contributed by atoms with Crippen LogP contribution in [0.3, 0.4) is 0 Å². The largest absolute Gasteiger partial charge is 0.457 e. The highest BCUT2D eigenvalue weighted by atomic mass is 16.5. The Bertz CT molecular complexity index is 724. The molecule has 0 unspecified atom stereocenters. The Balaban J connectivity index is 1.49. The van der Waals surface area contributed by atoms with Gasteiger partial charge in [-0.25, -0.2) is 0 Å². The summed E-state index contributed by atoms with van der Waals surface area (Å²) in [4.78, 5) is 25.4. The van der Waals surface area contributed by atoms with Gasteiger partial charge in [-0.3, -0.25) is 9.59 Å². The third-order valence-corrected chi connectivity index (χ3v) is 4.09. The lowest BCUT2D eigenvalue weighted by molar-refractivity contribution is -0.129. The van der Waals surface area contributed by atoms with Crippen LogP contribution in [0, 0.1) is 0 Å². The van der Waals surface area contributed by atoms with E-state index in [9.17, 15) is 9.59 Å². The first kappa shape index (κ1) is 17.0. The molecule has 0 heterocycles. The quantitative estimate of drug-likeness (QED) is 0.835. The maximum absolute atomic E-state index is 12.1. The Morgan fingerprint density at radius 2 is 1.68 bits per heavy atom. The summed E-state index contributed by atoms with van der Waals surface area (Å²) in [5.41, 5.74) is 0.714. The van der Waals surface area contributed by atoms with Crippen molar-refractivity contribution in [2.75, 3.05) is 11.9 Å². The highest BCUT2D eigenvalue weighted by Gasteiger charge is 2.30. The molecule has 0 radical (unpaired) electrons. The molecule has 0 saturated heterocycles. The average Bonchev–Trinajstić information content (AvgIpc) is 3.42. The SMILES string of the molecule is CC(=O)N(CCC(=O)Nc1ccc(Oc2ccccc2)cc1)C1CC1. The minimum atomic E-state index is -0.0939. The lowest BCUT2D eigenvalue weighted by Gasteiger charge is -2.20. The van der Waals surface area contributed by atoms with Crippen LogP contribution in [-0.4, -0.2) is 29.3 Å². The zero-order chi connectivity index (χ0) is 17.6. The van der Waals surface area contributed by atoms with E-state index >= 15 is 0 Å². The number of anilines is 1. The Morgan fingerprint density at radius 3 is 2.28 bits per heavy atom. The van der Waals surface area contributed by atoms with E-state index in [1.165, 1.54) is 0 Å². The molecule has 0 spiro atoms. The van der Waals surface area contributed by atoms with Gasteiger partial charge in [0.05, 0.1) is 0 Å². The number of amides is 2. The van der Waals surface area contributed by atoms with Gasteiger partial charge in [0.25, 0.3) is 0 Å². The number of nitrogens with zero attached hydrogens (tertiary/aromatic N) is 1. The summed E-state index contributed by atoms with van der Waals surface area (Å²) in [5, 5.41) is 2.85. The van der Waals surface area contributed by atoms with Crippen molar-refractivity contribution in [1.82, 2.24) is 4.90 Å². The normalized spacial score (nSPS) is 13.2. The van der Waals surface area contributed by atoms with Crippen LogP contribution in [0.2, 0.25) is 0 Å². The first-order valence-electron chi connectivity index (χ1n) is 8.52. The van der Waals surface area contributed by atoms with Crippen molar-refractivity contribution < 1.29 is 14.3 Å². The summed E-state index contributed by atoms with van der Waals surface area (Å²) in [6.45, 7) is 2.03. The second-order valence-electron chi connectivity index (χ2n) is 6.18. The van der Waals surface area contributed by atoms with Crippen LogP contribution in [0.25, 0.3) is 0 Å². The van der Waals surface area contributed by atoms with Crippen LogP contribution in [0.4, 0.5) is 5.69 Å². The fourth-order valence-corrected chi connectivity index (χ4v) is 2.66. The highest BCUT2D eigenvalue weighted by Crippen LogP contribution is 2.27. The van der Waals surface area contributed by atoms with Gasteiger partial charge in [-0.1, -0.05) is 18.2 Å². The minimum Gasteiger partial charge on any atom is -0.457 e. The molecule has 130 valence electrons. The molecule has 0 aromatic heterocycles. The third-order valence-electron chi connectivity index (χ3n) is 4.09. The van der Waals surface area contributed by atoms with Crippen molar-refractivity contribution in [3.05, 3.63) is 54.6 Å². The van der Waals surface area contributed by atoms with Gasteiger partial charge in [-0.15, -0.1) is 0 Å². The van der Waals surface area contributed by atoms with Gasteiger partial charge in [0.2, 0.25) is 11.8 Å². The van der Waals surface area contributed by atoms with Crippen molar-refractivity contribution in [1.29, 1.82) is 0 Å². The molecular formula is C20H22N2O3. The number of hydrogen-bond acceptors (Lipinski definition) is 3. The van der Waals surface area contributed by atoms with Crippen LogP contribution in [0.1, 0.15) is 26.2 Å². The Morgan fingerprint density at radius 1 is 1.04 bits per heavy atom. The fourth-order valence-electron chi connectivity index (χ4n) is 2.66. The zero-order valence-electron chi connectivity index (χ0n) is 14.3. The molecule has 2 amide bonds. The molecule has 1 aliphatic carbocycles. The van der Waals surface area contributed by atoms with Crippen molar-refractivity contribution in [3.8, 4) is 11.5 Å². The molecule has 0 aliphatic heterocycles. The van der Waals surface area contributed by atoms with Gasteiger partial charge in [-0.05, 0) is 49.2 Å². The molecule has 25 heavy (non-hydrogen) atoms. The summed E-state index contributed by atoms with van der Waals surface area (Å²) in [5.74, 6) is 1.42. The minimum absolute atomic E-state index is 0.0395. The van der Waals surface area contributed by atoms with Gasteiger partial charge < -0.3 is 15.0 Å². The second kappa shape index (κ2) is 7.83. The fraction of sp³-hybridized carbons (Fsp3) is 0.300. The third kappa shape index (κ3) is 5.08. The summed E-state index contributed by atoms with van der Waals surface area (Å²) in [6.07, 6.45) is 2.40. The van der Waals surface area contributed by atoms with Crippen molar-refractivity contribution in [2.45, 2.75) is 32.2 Å². The number of carbonyl (C=O) groups is 2. The smallest absolute Gasteiger partial charge is 0.226 e. The first-order chi connectivity index (χ1) is 12.1.